The number of alkyl halides is 3. The maximum Gasteiger partial charge on any atom is 0.391 e. The van der Waals surface area contributed by atoms with Gasteiger partial charge in [0.05, 0.1) is 25.7 Å². The molecule has 16 heavy (non-hydrogen) atoms. The van der Waals surface area contributed by atoms with Crippen molar-refractivity contribution in [2.24, 2.45) is 0 Å². The van der Waals surface area contributed by atoms with Gasteiger partial charge in [0.1, 0.15) is 5.54 Å². The number of hydrogen-bond acceptors (Lipinski definition) is 3. The van der Waals surface area contributed by atoms with Gasteiger partial charge in [-0.05, 0) is 19.9 Å². The fraction of sp³-hybridized carbons (Fsp3) is 0.900. The molecule has 3 nitrogen and oxygen atoms in total. The minimum Gasteiger partial charge on any atom is -0.378 e. The zero-order valence-electron chi connectivity index (χ0n) is 9.52. The van der Waals surface area contributed by atoms with Crippen LogP contribution in [0.4, 0.5) is 13.2 Å². The van der Waals surface area contributed by atoms with Gasteiger partial charge in [0.25, 0.3) is 0 Å². The second kappa shape index (κ2) is 6.71. The first-order valence-electron chi connectivity index (χ1n) is 5.14. The molecule has 0 aliphatic rings. The van der Waals surface area contributed by atoms with Gasteiger partial charge in [0.15, 0.2) is 0 Å². The second-order valence-electron chi connectivity index (χ2n) is 3.79. The third kappa shape index (κ3) is 7.49. The zero-order valence-corrected chi connectivity index (χ0v) is 9.52. The molecule has 0 aliphatic carbocycles. The summed E-state index contributed by atoms with van der Waals surface area (Å²) < 4.78 is 40.3. The number of rotatable bonds is 7. The van der Waals surface area contributed by atoms with Crippen LogP contribution in [0.2, 0.25) is 0 Å². The van der Waals surface area contributed by atoms with E-state index in [4.69, 9.17) is 10.00 Å². The van der Waals surface area contributed by atoms with Crippen LogP contribution in [0, 0.1) is 11.3 Å². The van der Waals surface area contributed by atoms with Crippen molar-refractivity contribution in [2.75, 3.05) is 19.8 Å². The van der Waals surface area contributed by atoms with Gasteiger partial charge >= 0.3 is 6.18 Å². The van der Waals surface area contributed by atoms with Crippen molar-refractivity contribution in [1.29, 1.82) is 5.26 Å². The molecule has 0 spiro atoms. The van der Waals surface area contributed by atoms with E-state index >= 15 is 0 Å². The van der Waals surface area contributed by atoms with E-state index in [0.717, 1.165) is 6.42 Å². The predicted octanol–water partition coefficient (Wildman–Crippen LogP) is 2.24. The lowest BCUT2D eigenvalue weighted by atomic mass is 10.1. The monoisotopic (exact) mass is 238 g/mol. The molecule has 0 saturated carbocycles. The number of halogens is 3. The van der Waals surface area contributed by atoms with Gasteiger partial charge in [-0.3, -0.25) is 5.32 Å². The molecule has 0 rings (SSSR count). The van der Waals surface area contributed by atoms with Crippen LogP contribution in [0.25, 0.3) is 0 Å². The number of nitriles is 1. The molecule has 1 atom stereocenters. The quantitative estimate of drug-likeness (QED) is 0.692. The Kier molecular flexibility index (Phi) is 6.38. The lowest BCUT2D eigenvalue weighted by molar-refractivity contribution is -0.146. The number of ether oxygens (including phenoxy) is 1. The van der Waals surface area contributed by atoms with E-state index in [0.29, 0.717) is 6.54 Å². The van der Waals surface area contributed by atoms with Crippen LogP contribution >= 0.6 is 0 Å². The lowest BCUT2D eigenvalue weighted by Gasteiger charge is -2.23. The van der Waals surface area contributed by atoms with Gasteiger partial charge in [0.2, 0.25) is 0 Å². The molecule has 0 heterocycles. The van der Waals surface area contributed by atoms with Gasteiger partial charge in [0, 0.05) is 0 Å². The highest BCUT2D eigenvalue weighted by Crippen LogP contribution is 2.19. The molecule has 6 heteroatoms. The maximum absolute atomic E-state index is 11.8. The predicted molar refractivity (Wildman–Crippen MR) is 53.8 cm³/mol. The minimum absolute atomic E-state index is 0.0421. The summed E-state index contributed by atoms with van der Waals surface area (Å²) in [6.45, 7) is 3.73. The van der Waals surface area contributed by atoms with Crippen LogP contribution in [-0.4, -0.2) is 31.5 Å². The van der Waals surface area contributed by atoms with Gasteiger partial charge in [-0.2, -0.15) is 18.4 Å². The van der Waals surface area contributed by atoms with Gasteiger partial charge < -0.3 is 4.74 Å². The summed E-state index contributed by atoms with van der Waals surface area (Å²) in [5.74, 6) is 0. The Bertz CT molecular complexity index is 237. The van der Waals surface area contributed by atoms with E-state index in [1.165, 1.54) is 0 Å². The summed E-state index contributed by atoms with van der Waals surface area (Å²) in [5, 5.41) is 11.8. The summed E-state index contributed by atoms with van der Waals surface area (Å²) in [4.78, 5) is 0. The van der Waals surface area contributed by atoms with Crippen molar-refractivity contribution in [3.05, 3.63) is 0 Å². The molecule has 0 bridgehead atoms. The van der Waals surface area contributed by atoms with Crippen molar-refractivity contribution in [2.45, 2.75) is 38.4 Å². The Labute approximate surface area is 93.6 Å². The first kappa shape index (κ1) is 15.2. The number of nitrogens with zero attached hydrogens (tertiary/aromatic N) is 1. The first-order chi connectivity index (χ1) is 7.33. The van der Waals surface area contributed by atoms with Crippen molar-refractivity contribution in [3.63, 3.8) is 0 Å². The highest BCUT2D eigenvalue weighted by Gasteiger charge is 2.28. The Balaban J connectivity index is 3.84. The molecule has 0 aromatic rings. The molecule has 1 N–H and O–H groups in total. The molecule has 94 valence electrons. The molecule has 0 saturated heterocycles. The Morgan fingerprint density at radius 3 is 2.44 bits per heavy atom. The molecule has 0 fully saturated rings. The fourth-order valence-corrected chi connectivity index (χ4v) is 0.988. The van der Waals surface area contributed by atoms with Crippen LogP contribution in [0.15, 0.2) is 0 Å². The van der Waals surface area contributed by atoms with E-state index in [1.807, 2.05) is 13.0 Å². The van der Waals surface area contributed by atoms with Crippen LogP contribution in [0.3, 0.4) is 0 Å². The topological polar surface area (TPSA) is 45.0 Å². The van der Waals surface area contributed by atoms with Crippen molar-refractivity contribution >= 4 is 0 Å². The molecule has 0 amide bonds. The summed E-state index contributed by atoms with van der Waals surface area (Å²) in [7, 11) is 0. The van der Waals surface area contributed by atoms with Crippen LogP contribution < -0.4 is 5.32 Å². The smallest absolute Gasteiger partial charge is 0.378 e. The number of hydrogen-bond donors (Lipinski definition) is 1. The van der Waals surface area contributed by atoms with Crippen LogP contribution in [0.1, 0.15) is 26.7 Å². The van der Waals surface area contributed by atoms with E-state index in [9.17, 15) is 13.2 Å². The molecular weight excluding hydrogens is 221 g/mol. The molecule has 0 aromatic carbocycles. The Hall–Kier alpha value is -0.800. The largest absolute Gasteiger partial charge is 0.391 e. The van der Waals surface area contributed by atoms with Gasteiger partial charge in [-0.15, -0.1) is 0 Å². The summed E-state index contributed by atoms with van der Waals surface area (Å²) in [6.07, 6.45) is -4.35. The molecule has 1 unspecified atom stereocenters. The third-order valence-electron chi connectivity index (χ3n) is 1.93. The summed E-state index contributed by atoms with van der Waals surface area (Å²) in [5.41, 5.74) is -0.915. The standard InChI is InChI=1S/C10H17F3N2O/c1-3-5-15-9(2,7-14)8-16-6-4-10(11,12)13/h15H,3-6,8H2,1-2H3. The maximum atomic E-state index is 11.8. The van der Waals surface area contributed by atoms with Gasteiger partial charge in [-0.1, -0.05) is 6.92 Å². The average molecular weight is 238 g/mol. The highest BCUT2D eigenvalue weighted by molar-refractivity contribution is 5.03. The summed E-state index contributed by atoms with van der Waals surface area (Å²) >= 11 is 0. The van der Waals surface area contributed by atoms with E-state index in [-0.39, 0.29) is 6.61 Å². The third-order valence-corrected chi connectivity index (χ3v) is 1.93. The van der Waals surface area contributed by atoms with Crippen LogP contribution in [0.5, 0.6) is 0 Å². The van der Waals surface area contributed by atoms with E-state index in [2.05, 4.69) is 5.32 Å². The molecule has 0 aliphatic heterocycles. The fourth-order valence-electron chi connectivity index (χ4n) is 0.988. The van der Waals surface area contributed by atoms with Crippen molar-refractivity contribution in [3.8, 4) is 6.07 Å². The Morgan fingerprint density at radius 1 is 1.38 bits per heavy atom. The lowest BCUT2D eigenvalue weighted by Crippen LogP contribution is -2.45. The highest BCUT2D eigenvalue weighted by atomic mass is 19.4. The van der Waals surface area contributed by atoms with Crippen molar-refractivity contribution in [1.82, 2.24) is 5.32 Å². The molecular formula is C10H17F3N2O. The Morgan fingerprint density at radius 2 is 2.00 bits per heavy atom. The van der Waals surface area contributed by atoms with E-state index < -0.39 is 24.7 Å². The minimum atomic E-state index is -4.21. The zero-order chi connectivity index (χ0) is 12.7. The van der Waals surface area contributed by atoms with Gasteiger partial charge in [-0.25, -0.2) is 0 Å². The number of nitrogens with one attached hydrogen (secondary N) is 1. The van der Waals surface area contributed by atoms with E-state index in [1.54, 1.807) is 6.92 Å². The SMILES string of the molecule is CCCNC(C)(C#N)COCCC(F)(F)F. The first-order valence-corrected chi connectivity index (χ1v) is 5.14. The average Bonchev–Trinajstić information content (AvgIpc) is 2.20. The summed E-state index contributed by atoms with van der Waals surface area (Å²) in [6, 6.07) is 1.99. The molecule has 0 radical (unpaired) electrons. The second-order valence-corrected chi connectivity index (χ2v) is 3.79. The van der Waals surface area contributed by atoms with Crippen molar-refractivity contribution < 1.29 is 17.9 Å². The molecule has 0 aromatic heterocycles. The normalized spacial score (nSPS) is 15.5. The van der Waals surface area contributed by atoms with Crippen LogP contribution in [-0.2, 0) is 4.74 Å².